The number of nitrogens with zero attached hydrogens (tertiary/aromatic N) is 2. The number of alkyl halides is 3. The molecule has 4 aromatic rings. The van der Waals surface area contributed by atoms with Gasteiger partial charge in [0.25, 0.3) is 0 Å². The molecule has 0 radical (unpaired) electrons. The summed E-state index contributed by atoms with van der Waals surface area (Å²) >= 11 is 1.16. The van der Waals surface area contributed by atoms with Crippen LogP contribution in [0, 0.1) is 0 Å². The van der Waals surface area contributed by atoms with E-state index >= 15 is 0 Å². The number of aromatic nitrogens is 2. The highest BCUT2D eigenvalue weighted by molar-refractivity contribution is 7.18. The Morgan fingerprint density at radius 3 is 2.60 bits per heavy atom. The number of carbonyl (C=O) groups excluding carboxylic acids is 1. The van der Waals surface area contributed by atoms with Gasteiger partial charge in [0.2, 0.25) is 0 Å². The summed E-state index contributed by atoms with van der Waals surface area (Å²) in [5, 5.41) is 3.93. The van der Waals surface area contributed by atoms with Crippen LogP contribution in [0.4, 0.5) is 13.2 Å². The van der Waals surface area contributed by atoms with E-state index in [-0.39, 0.29) is 16.5 Å². The van der Waals surface area contributed by atoms with E-state index < -0.39 is 11.7 Å². The van der Waals surface area contributed by atoms with E-state index in [0.717, 1.165) is 39.3 Å². The molecule has 0 saturated heterocycles. The molecule has 2 aromatic heterocycles. The second-order valence-electron chi connectivity index (χ2n) is 6.93. The van der Waals surface area contributed by atoms with Crippen molar-refractivity contribution < 1.29 is 22.5 Å². The van der Waals surface area contributed by atoms with Crippen molar-refractivity contribution in [2.75, 3.05) is 0 Å². The van der Waals surface area contributed by atoms with Crippen LogP contribution >= 0.6 is 11.3 Å². The lowest BCUT2D eigenvalue weighted by Gasteiger charge is -2.15. The Bertz CT molecular complexity index is 1260. The van der Waals surface area contributed by atoms with Crippen LogP contribution in [-0.4, -0.2) is 16.4 Å². The third-order valence-corrected chi connectivity index (χ3v) is 6.19. The molecule has 150 valence electrons. The highest BCUT2D eigenvalue weighted by atomic mass is 32.1. The van der Waals surface area contributed by atoms with Crippen molar-refractivity contribution in [2.45, 2.75) is 19.0 Å². The smallest absolute Gasteiger partial charge is 0.355 e. The highest BCUT2D eigenvalue weighted by Gasteiger charge is 2.42. The third-order valence-electron chi connectivity index (χ3n) is 5.05. The topological polar surface area (TPSA) is 56.0 Å². The number of thiazole rings is 1. The molecule has 0 aliphatic heterocycles. The summed E-state index contributed by atoms with van der Waals surface area (Å²) < 4.78 is 47.0. The molecule has 0 N–H and O–H groups in total. The van der Waals surface area contributed by atoms with Crippen molar-refractivity contribution in [3.05, 3.63) is 70.9 Å². The van der Waals surface area contributed by atoms with Gasteiger partial charge in [-0.2, -0.15) is 13.2 Å². The Labute approximate surface area is 173 Å². The Morgan fingerprint density at radius 1 is 1.07 bits per heavy atom. The van der Waals surface area contributed by atoms with E-state index in [4.69, 9.17) is 4.52 Å². The fraction of sp³-hybridized carbons (Fsp3) is 0.136. The number of carbonyl (C=O) groups is 1. The Kier molecular flexibility index (Phi) is 4.32. The quantitative estimate of drug-likeness (QED) is 0.374. The molecule has 30 heavy (non-hydrogen) atoms. The number of hydrogen-bond acceptors (Lipinski definition) is 5. The Hall–Kier alpha value is -3.26. The Balaban J connectivity index is 1.65. The van der Waals surface area contributed by atoms with Crippen LogP contribution in [0.3, 0.4) is 0 Å². The molecule has 1 aliphatic carbocycles. The summed E-state index contributed by atoms with van der Waals surface area (Å²) in [6.07, 6.45) is -2.60. The van der Waals surface area contributed by atoms with Crippen LogP contribution in [0.25, 0.3) is 32.5 Å². The third kappa shape index (κ3) is 3.04. The molecule has 0 bridgehead atoms. The summed E-state index contributed by atoms with van der Waals surface area (Å²) in [7, 11) is 0. The van der Waals surface area contributed by atoms with Crippen molar-refractivity contribution in [1.82, 2.24) is 10.1 Å². The van der Waals surface area contributed by atoms with Gasteiger partial charge >= 0.3 is 6.18 Å². The molecule has 0 spiro atoms. The summed E-state index contributed by atoms with van der Waals surface area (Å²) in [6.45, 7) is 0. The first-order valence-electron chi connectivity index (χ1n) is 9.16. The first-order chi connectivity index (χ1) is 14.5. The first-order valence-corrected chi connectivity index (χ1v) is 9.98. The standard InChI is InChI=1S/C22H13F3N2O2S/c23-22(24,25)17-18(27-29-19(17)13-4-2-1-3-5-13)21-26-16-9-7-14-10-12(11-28)6-8-15(14)20(16)30-21/h1-6,8,10-11H,7,9H2. The van der Waals surface area contributed by atoms with Crippen molar-refractivity contribution in [1.29, 1.82) is 0 Å². The molecule has 0 fully saturated rings. The van der Waals surface area contributed by atoms with E-state index in [0.29, 0.717) is 24.0 Å². The number of rotatable bonds is 3. The largest absolute Gasteiger partial charge is 0.422 e. The van der Waals surface area contributed by atoms with E-state index in [9.17, 15) is 18.0 Å². The molecule has 8 heteroatoms. The van der Waals surface area contributed by atoms with Crippen LogP contribution in [0.1, 0.15) is 27.2 Å². The lowest BCUT2D eigenvalue weighted by Crippen LogP contribution is -2.07. The van der Waals surface area contributed by atoms with Crippen molar-refractivity contribution >= 4 is 17.6 Å². The van der Waals surface area contributed by atoms with Crippen LogP contribution < -0.4 is 0 Å². The number of benzene rings is 2. The summed E-state index contributed by atoms with van der Waals surface area (Å²) in [5.41, 5.74) is 2.28. The number of hydrogen-bond donors (Lipinski definition) is 0. The average molecular weight is 426 g/mol. The first kappa shape index (κ1) is 18.7. The summed E-state index contributed by atoms with van der Waals surface area (Å²) in [5.74, 6) is -0.317. The fourth-order valence-electron chi connectivity index (χ4n) is 3.69. The highest BCUT2D eigenvalue weighted by Crippen LogP contribution is 2.47. The predicted molar refractivity (Wildman–Crippen MR) is 106 cm³/mol. The molecule has 0 saturated carbocycles. The minimum Gasteiger partial charge on any atom is -0.355 e. The van der Waals surface area contributed by atoms with E-state index in [1.54, 1.807) is 36.4 Å². The number of fused-ring (bicyclic) bond motifs is 3. The van der Waals surface area contributed by atoms with Gasteiger partial charge in [-0.1, -0.05) is 47.6 Å². The maximum atomic E-state index is 14.0. The van der Waals surface area contributed by atoms with Gasteiger partial charge in [0.15, 0.2) is 11.5 Å². The zero-order valence-corrected chi connectivity index (χ0v) is 16.2. The molecule has 0 amide bonds. The average Bonchev–Trinajstić information content (AvgIpc) is 3.38. The number of halogens is 3. The maximum Gasteiger partial charge on any atom is 0.422 e. The van der Waals surface area contributed by atoms with Gasteiger partial charge in [-0.25, -0.2) is 4.98 Å². The predicted octanol–water partition coefficient (Wildman–Crippen LogP) is 6.06. The summed E-state index contributed by atoms with van der Waals surface area (Å²) in [6, 6.07) is 13.4. The van der Waals surface area contributed by atoms with Gasteiger partial charge < -0.3 is 4.52 Å². The second-order valence-corrected chi connectivity index (χ2v) is 7.93. The molecule has 2 heterocycles. The molecule has 5 rings (SSSR count). The van der Waals surface area contributed by atoms with Gasteiger partial charge in [-0.15, -0.1) is 11.3 Å². The SMILES string of the molecule is O=Cc1ccc2c(c1)CCc1nc(-c3noc(-c4ccccc4)c3C(F)(F)F)sc1-2. The van der Waals surface area contributed by atoms with Crippen LogP contribution in [0.2, 0.25) is 0 Å². The van der Waals surface area contributed by atoms with Crippen LogP contribution in [0.5, 0.6) is 0 Å². The molecule has 1 aliphatic rings. The lowest BCUT2D eigenvalue weighted by molar-refractivity contribution is -0.136. The monoisotopic (exact) mass is 426 g/mol. The number of aldehydes is 1. The minimum atomic E-state index is -4.65. The van der Waals surface area contributed by atoms with Crippen LogP contribution in [0.15, 0.2) is 53.1 Å². The molecule has 4 nitrogen and oxygen atoms in total. The molecule has 0 atom stereocenters. The van der Waals surface area contributed by atoms with Gasteiger partial charge in [0, 0.05) is 11.1 Å². The molecule has 2 aromatic carbocycles. The van der Waals surface area contributed by atoms with Crippen LogP contribution in [-0.2, 0) is 19.0 Å². The van der Waals surface area contributed by atoms with E-state index in [1.165, 1.54) is 0 Å². The van der Waals surface area contributed by atoms with E-state index in [2.05, 4.69) is 10.1 Å². The van der Waals surface area contributed by atoms with Gasteiger partial charge in [-0.05, 0) is 30.0 Å². The normalized spacial score (nSPS) is 13.0. The number of aryl methyl sites for hydroxylation is 2. The second kappa shape index (κ2) is 6.91. The van der Waals surface area contributed by atoms with Crippen molar-refractivity contribution in [3.8, 4) is 32.5 Å². The minimum absolute atomic E-state index is 0.172. The molecular weight excluding hydrogens is 413 g/mol. The molecular formula is C22H13F3N2O2S. The van der Waals surface area contributed by atoms with Crippen molar-refractivity contribution in [3.63, 3.8) is 0 Å². The summed E-state index contributed by atoms with van der Waals surface area (Å²) in [4.78, 5) is 16.3. The Morgan fingerprint density at radius 2 is 1.87 bits per heavy atom. The van der Waals surface area contributed by atoms with Gasteiger partial charge in [0.05, 0.1) is 10.6 Å². The molecule has 0 unspecified atom stereocenters. The van der Waals surface area contributed by atoms with Crippen molar-refractivity contribution in [2.24, 2.45) is 0 Å². The van der Waals surface area contributed by atoms with Gasteiger partial charge in [-0.3, -0.25) is 4.79 Å². The van der Waals surface area contributed by atoms with Gasteiger partial charge in [0.1, 0.15) is 16.9 Å². The zero-order valence-electron chi connectivity index (χ0n) is 15.4. The zero-order chi connectivity index (χ0) is 20.9. The maximum absolute atomic E-state index is 14.0. The van der Waals surface area contributed by atoms with E-state index in [1.807, 2.05) is 12.1 Å². The lowest BCUT2D eigenvalue weighted by atomic mass is 9.92. The fourth-order valence-corrected chi connectivity index (χ4v) is 4.85.